The lowest BCUT2D eigenvalue weighted by Gasteiger charge is -2.33. The van der Waals surface area contributed by atoms with Gasteiger partial charge in [0.25, 0.3) is 10.0 Å². The number of hydrogen-bond acceptors (Lipinski definition) is 5. The number of rotatable bonds is 6. The van der Waals surface area contributed by atoms with Gasteiger partial charge in [0.05, 0.1) is 6.54 Å². The normalized spacial score (nSPS) is 19.2. The predicted octanol–water partition coefficient (Wildman–Crippen LogP) is 3.06. The lowest BCUT2D eigenvalue weighted by atomic mass is 10.0. The number of hydrogen-bond donors (Lipinski definition) is 1. The van der Waals surface area contributed by atoms with Gasteiger partial charge in [-0.25, -0.2) is 8.42 Å². The lowest BCUT2D eigenvalue weighted by molar-refractivity contribution is -0.122. The summed E-state index contributed by atoms with van der Waals surface area (Å²) in [5, 5.41) is 6.63. The van der Waals surface area contributed by atoms with Crippen molar-refractivity contribution < 1.29 is 13.2 Å². The molecule has 0 saturated carbocycles. The summed E-state index contributed by atoms with van der Waals surface area (Å²) in [5.41, 5.74) is 0. The van der Waals surface area contributed by atoms with Crippen molar-refractivity contribution in [1.82, 2.24) is 9.62 Å². The third-order valence-electron chi connectivity index (χ3n) is 4.09. The standard InChI is InChI=1S/C16H20N2O3S3/c19-15(17-12-14-6-3-9-22-14)11-13-5-1-2-8-18(13)24(20,21)16-7-4-10-23-16/h3-4,6-7,9-10,13H,1-2,5,8,11-12H2,(H,17,19)/t13-/m1/s1. The SMILES string of the molecule is O=C(C[C@H]1CCCCN1S(=O)(=O)c1cccs1)NCc1cccs1. The Balaban J connectivity index is 1.65. The summed E-state index contributed by atoms with van der Waals surface area (Å²) in [6, 6.07) is 7.03. The average molecular weight is 385 g/mol. The zero-order valence-electron chi connectivity index (χ0n) is 13.2. The Morgan fingerprint density at radius 1 is 1.21 bits per heavy atom. The van der Waals surface area contributed by atoms with Crippen molar-refractivity contribution in [2.24, 2.45) is 0 Å². The highest BCUT2D eigenvalue weighted by molar-refractivity contribution is 7.91. The van der Waals surface area contributed by atoms with Gasteiger partial charge in [-0.3, -0.25) is 4.79 Å². The molecule has 24 heavy (non-hydrogen) atoms. The minimum absolute atomic E-state index is 0.0957. The highest BCUT2D eigenvalue weighted by Gasteiger charge is 2.35. The number of carbonyl (C=O) groups excluding carboxylic acids is 1. The molecule has 1 N–H and O–H groups in total. The molecule has 130 valence electrons. The van der Waals surface area contributed by atoms with Crippen LogP contribution in [0, 0.1) is 0 Å². The van der Waals surface area contributed by atoms with Crippen LogP contribution in [0.5, 0.6) is 0 Å². The van der Waals surface area contributed by atoms with Crippen molar-refractivity contribution in [3.05, 3.63) is 39.9 Å². The number of piperidine rings is 1. The Kier molecular flexibility index (Phi) is 5.70. The highest BCUT2D eigenvalue weighted by atomic mass is 32.2. The Morgan fingerprint density at radius 2 is 2.00 bits per heavy atom. The van der Waals surface area contributed by atoms with Crippen molar-refractivity contribution in [3.63, 3.8) is 0 Å². The maximum Gasteiger partial charge on any atom is 0.252 e. The first-order chi connectivity index (χ1) is 11.6. The molecule has 2 aromatic rings. The second kappa shape index (κ2) is 7.77. The smallest absolute Gasteiger partial charge is 0.252 e. The van der Waals surface area contributed by atoms with E-state index in [0.717, 1.165) is 24.1 Å². The largest absolute Gasteiger partial charge is 0.351 e. The molecular formula is C16H20N2O3S3. The van der Waals surface area contributed by atoms with E-state index in [0.29, 0.717) is 17.3 Å². The van der Waals surface area contributed by atoms with E-state index in [2.05, 4.69) is 5.32 Å². The lowest BCUT2D eigenvalue weighted by Crippen LogP contribution is -2.45. The number of sulfonamides is 1. The molecule has 8 heteroatoms. The summed E-state index contributed by atoms with van der Waals surface area (Å²) in [7, 11) is -3.50. The number of thiophene rings is 2. The Morgan fingerprint density at radius 3 is 2.71 bits per heavy atom. The maximum absolute atomic E-state index is 12.8. The molecule has 1 fully saturated rings. The van der Waals surface area contributed by atoms with Crippen LogP contribution in [0.1, 0.15) is 30.6 Å². The molecule has 1 aliphatic rings. The van der Waals surface area contributed by atoms with E-state index in [1.807, 2.05) is 17.5 Å². The van der Waals surface area contributed by atoms with E-state index in [1.165, 1.54) is 15.6 Å². The van der Waals surface area contributed by atoms with Gasteiger partial charge >= 0.3 is 0 Å². The van der Waals surface area contributed by atoms with E-state index >= 15 is 0 Å². The van der Waals surface area contributed by atoms with E-state index in [4.69, 9.17) is 0 Å². The summed E-state index contributed by atoms with van der Waals surface area (Å²) in [6.07, 6.45) is 2.75. The molecule has 1 amide bonds. The first kappa shape index (κ1) is 17.6. The molecule has 3 rings (SSSR count). The monoisotopic (exact) mass is 384 g/mol. The first-order valence-corrected chi connectivity index (χ1v) is 11.1. The molecule has 0 bridgehead atoms. The first-order valence-electron chi connectivity index (χ1n) is 7.92. The van der Waals surface area contributed by atoms with Crippen molar-refractivity contribution in [2.45, 2.75) is 42.5 Å². The molecule has 0 unspecified atom stereocenters. The molecule has 0 spiro atoms. The predicted molar refractivity (Wildman–Crippen MR) is 96.6 cm³/mol. The second-order valence-electron chi connectivity index (χ2n) is 5.76. The van der Waals surface area contributed by atoms with Crippen LogP contribution in [0.25, 0.3) is 0 Å². The minimum atomic E-state index is -3.50. The van der Waals surface area contributed by atoms with E-state index in [1.54, 1.807) is 28.8 Å². The van der Waals surface area contributed by atoms with Gasteiger partial charge in [-0.05, 0) is 35.7 Å². The zero-order valence-corrected chi connectivity index (χ0v) is 15.6. The third-order valence-corrected chi connectivity index (χ3v) is 8.29. The number of carbonyl (C=O) groups is 1. The fraction of sp³-hybridized carbons (Fsp3) is 0.438. The Hall–Kier alpha value is -1.22. The fourth-order valence-electron chi connectivity index (χ4n) is 2.91. The maximum atomic E-state index is 12.8. The molecular weight excluding hydrogens is 364 g/mol. The van der Waals surface area contributed by atoms with Gasteiger partial charge in [-0.15, -0.1) is 22.7 Å². The highest BCUT2D eigenvalue weighted by Crippen LogP contribution is 2.29. The van der Waals surface area contributed by atoms with Crippen LogP contribution in [0.3, 0.4) is 0 Å². The van der Waals surface area contributed by atoms with Gasteiger partial charge in [0.15, 0.2) is 0 Å². The van der Waals surface area contributed by atoms with Gasteiger partial charge in [-0.1, -0.05) is 18.6 Å². The molecule has 0 aliphatic carbocycles. The van der Waals surface area contributed by atoms with Crippen molar-refractivity contribution in [2.75, 3.05) is 6.54 Å². The summed E-state index contributed by atoms with van der Waals surface area (Å²) in [5.74, 6) is -0.0957. The van der Waals surface area contributed by atoms with Gasteiger partial charge in [0.2, 0.25) is 5.91 Å². The molecule has 5 nitrogen and oxygen atoms in total. The number of amides is 1. The molecule has 0 aromatic carbocycles. The van der Waals surface area contributed by atoms with Crippen LogP contribution >= 0.6 is 22.7 Å². The molecule has 1 aliphatic heterocycles. The van der Waals surface area contributed by atoms with Crippen LogP contribution in [0.15, 0.2) is 39.2 Å². The van der Waals surface area contributed by atoms with Crippen molar-refractivity contribution in [3.8, 4) is 0 Å². The van der Waals surface area contributed by atoms with E-state index in [-0.39, 0.29) is 18.4 Å². The van der Waals surface area contributed by atoms with Crippen molar-refractivity contribution >= 4 is 38.6 Å². The van der Waals surface area contributed by atoms with Crippen LogP contribution in [0.2, 0.25) is 0 Å². The van der Waals surface area contributed by atoms with E-state index in [9.17, 15) is 13.2 Å². The molecule has 1 saturated heterocycles. The molecule has 1 atom stereocenters. The van der Waals surface area contributed by atoms with Crippen LogP contribution in [-0.4, -0.2) is 31.2 Å². The molecule has 3 heterocycles. The molecule has 2 aromatic heterocycles. The van der Waals surface area contributed by atoms with Gasteiger partial charge in [0.1, 0.15) is 4.21 Å². The zero-order chi connectivity index (χ0) is 17.0. The summed E-state index contributed by atoms with van der Waals surface area (Å²) >= 11 is 2.82. The minimum Gasteiger partial charge on any atom is -0.351 e. The third kappa shape index (κ3) is 4.05. The summed E-state index contributed by atoms with van der Waals surface area (Å²) in [6.45, 7) is 0.990. The van der Waals surface area contributed by atoms with Crippen LogP contribution in [-0.2, 0) is 21.4 Å². The second-order valence-corrected chi connectivity index (χ2v) is 9.85. The van der Waals surface area contributed by atoms with E-state index < -0.39 is 10.0 Å². The fourth-order valence-corrected chi connectivity index (χ4v) is 6.36. The number of nitrogens with one attached hydrogen (secondary N) is 1. The van der Waals surface area contributed by atoms with Gasteiger partial charge < -0.3 is 5.32 Å². The quantitative estimate of drug-likeness (QED) is 0.832. The summed E-state index contributed by atoms with van der Waals surface area (Å²) in [4.78, 5) is 13.3. The van der Waals surface area contributed by atoms with Gasteiger partial charge in [-0.2, -0.15) is 4.31 Å². The van der Waals surface area contributed by atoms with Crippen molar-refractivity contribution in [1.29, 1.82) is 0 Å². The van der Waals surface area contributed by atoms with Gasteiger partial charge in [0, 0.05) is 23.9 Å². The van der Waals surface area contributed by atoms with Crippen LogP contribution < -0.4 is 5.32 Å². The van der Waals surface area contributed by atoms with Crippen LogP contribution in [0.4, 0.5) is 0 Å². The Bertz CT molecular complexity index is 755. The number of nitrogens with zero attached hydrogens (tertiary/aromatic N) is 1. The Labute approximate surface area is 150 Å². The topological polar surface area (TPSA) is 66.5 Å². The average Bonchev–Trinajstić information content (AvgIpc) is 3.27. The molecule has 0 radical (unpaired) electrons. The summed E-state index contributed by atoms with van der Waals surface area (Å²) < 4.78 is 27.5.